The van der Waals surface area contributed by atoms with Crippen molar-refractivity contribution in [1.82, 2.24) is 9.78 Å². The molecule has 1 unspecified atom stereocenters. The quantitative estimate of drug-likeness (QED) is 0.905. The minimum atomic E-state index is -1.05. The van der Waals surface area contributed by atoms with E-state index in [1.165, 1.54) is 0 Å². The Morgan fingerprint density at radius 2 is 1.95 bits per heavy atom. The molecule has 1 heterocycles. The first-order valence-electron chi connectivity index (χ1n) is 6.94. The summed E-state index contributed by atoms with van der Waals surface area (Å²) in [6, 6.07) is 13.8. The summed E-state index contributed by atoms with van der Waals surface area (Å²) >= 11 is 0. The van der Waals surface area contributed by atoms with Crippen LogP contribution >= 0.6 is 0 Å². The number of nitrogens with zero attached hydrogens (tertiary/aromatic N) is 3. The summed E-state index contributed by atoms with van der Waals surface area (Å²) in [7, 11) is 0. The number of aryl methyl sites for hydroxylation is 2. The van der Waals surface area contributed by atoms with Gasteiger partial charge in [0.15, 0.2) is 0 Å². The van der Waals surface area contributed by atoms with E-state index in [4.69, 9.17) is 5.73 Å². The highest BCUT2D eigenvalue weighted by Crippen LogP contribution is 2.21. The molecule has 0 saturated heterocycles. The lowest BCUT2D eigenvalue weighted by Crippen LogP contribution is -2.40. The van der Waals surface area contributed by atoms with Gasteiger partial charge in [-0.1, -0.05) is 44.2 Å². The Hall–Kier alpha value is -2.12. The van der Waals surface area contributed by atoms with Crippen LogP contribution in [-0.2, 0) is 24.9 Å². The van der Waals surface area contributed by atoms with Gasteiger partial charge in [0.25, 0.3) is 0 Å². The van der Waals surface area contributed by atoms with E-state index in [2.05, 4.69) is 31.1 Å². The predicted molar refractivity (Wildman–Crippen MR) is 78.9 cm³/mol. The Balaban J connectivity index is 2.36. The van der Waals surface area contributed by atoms with Crippen LogP contribution < -0.4 is 5.73 Å². The van der Waals surface area contributed by atoms with Gasteiger partial charge in [-0.05, 0) is 24.5 Å². The fraction of sp³-hybridized carbons (Fsp3) is 0.375. The molecule has 0 saturated carbocycles. The van der Waals surface area contributed by atoms with Crippen LogP contribution in [0, 0.1) is 11.3 Å². The number of aromatic nitrogens is 2. The second-order valence-corrected chi connectivity index (χ2v) is 4.94. The maximum absolute atomic E-state index is 9.51. The Bertz CT molecular complexity index is 609. The first kappa shape index (κ1) is 14.3. The molecule has 0 bridgehead atoms. The summed E-state index contributed by atoms with van der Waals surface area (Å²) in [6.45, 7) is 4.53. The van der Waals surface area contributed by atoms with Crippen LogP contribution in [0.1, 0.15) is 30.8 Å². The van der Waals surface area contributed by atoms with Crippen molar-refractivity contribution in [3.8, 4) is 6.07 Å². The van der Waals surface area contributed by atoms with Crippen molar-refractivity contribution in [3.63, 3.8) is 0 Å². The molecule has 4 nitrogen and oxygen atoms in total. The lowest BCUT2D eigenvalue weighted by Gasteiger charge is -2.23. The summed E-state index contributed by atoms with van der Waals surface area (Å²) in [6.07, 6.45) is 1.76. The van der Waals surface area contributed by atoms with Crippen molar-refractivity contribution in [3.05, 3.63) is 53.3 Å². The van der Waals surface area contributed by atoms with E-state index in [-0.39, 0.29) is 0 Å². The zero-order valence-corrected chi connectivity index (χ0v) is 12.0. The van der Waals surface area contributed by atoms with Crippen LogP contribution in [0.5, 0.6) is 0 Å². The summed E-state index contributed by atoms with van der Waals surface area (Å²) in [5.74, 6) is 0. The lowest BCUT2D eigenvalue weighted by atomic mass is 9.92. The van der Waals surface area contributed by atoms with Crippen LogP contribution in [0.3, 0.4) is 0 Å². The van der Waals surface area contributed by atoms with Crippen molar-refractivity contribution < 1.29 is 0 Å². The number of nitrogens with two attached hydrogens (primary N) is 1. The van der Waals surface area contributed by atoms with Crippen molar-refractivity contribution in [1.29, 1.82) is 5.26 Å². The molecule has 4 heteroatoms. The second kappa shape index (κ2) is 5.89. The molecule has 0 aliphatic rings. The van der Waals surface area contributed by atoms with E-state index in [0.717, 1.165) is 29.8 Å². The monoisotopic (exact) mass is 268 g/mol. The van der Waals surface area contributed by atoms with Gasteiger partial charge in [0.05, 0.1) is 18.3 Å². The minimum Gasteiger partial charge on any atom is -0.308 e. The average Bonchev–Trinajstić information content (AvgIpc) is 2.90. The number of rotatable bonds is 5. The van der Waals surface area contributed by atoms with E-state index in [0.29, 0.717) is 6.54 Å². The molecule has 0 aliphatic heterocycles. The van der Waals surface area contributed by atoms with Crippen LogP contribution in [0.25, 0.3) is 0 Å². The third kappa shape index (κ3) is 2.73. The molecule has 0 fully saturated rings. The Morgan fingerprint density at radius 1 is 1.25 bits per heavy atom. The summed E-state index contributed by atoms with van der Waals surface area (Å²) < 4.78 is 1.87. The Morgan fingerprint density at radius 3 is 2.50 bits per heavy atom. The molecular formula is C16H20N4. The molecule has 0 radical (unpaired) electrons. The van der Waals surface area contributed by atoms with E-state index in [1.54, 1.807) is 0 Å². The Kier molecular flexibility index (Phi) is 4.21. The molecule has 0 spiro atoms. The zero-order valence-electron chi connectivity index (χ0n) is 12.0. The molecule has 2 aromatic rings. The molecular weight excluding hydrogens is 248 g/mol. The molecule has 0 amide bonds. The Labute approximate surface area is 119 Å². The van der Waals surface area contributed by atoms with Crippen molar-refractivity contribution in [2.24, 2.45) is 5.73 Å². The molecule has 104 valence electrons. The SMILES string of the molecule is CCc1cc(CC)n(CC(N)(C#N)c2ccccc2)n1. The minimum absolute atomic E-state index is 0.372. The van der Waals surface area contributed by atoms with Crippen LogP contribution in [0.4, 0.5) is 0 Å². The van der Waals surface area contributed by atoms with Gasteiger partial charge in [0.2, 0.25) is 0 Å². The summed E-state index contributed by atoms with van der Waals surface area (Å²) in [5.41, 5.74) is 8.22. The maximum Gasteiger partial charge on any atom is 0.149 e. The molecule has 1 atom stereocenters. The van der Waals surface area contributed by atoms with E-state index >= 15 is 0 Å². The number of benzene rings is 1. The molecule has 2 N–H and O–H groups in total. The number of hydrogen-bond acceptors (Lipinski definition) is 3. The molecule has 0 aliphatic carbocycles. The van der Waals surface area contributed by atoms with E-state index in [1.807, 2.05) is 35.0 Å². The first-order valence-corrected chi connectivity index (χ1v) is 6.94. The average molecular weight is 268 g/mol. The maximum atomic E-state index is 9.51. The van der Waals surface area contributed by atoms with Crippen molar-refractivity contribution >= 4 is 0 Å². The predicted octanol–water partition coefficient (Wildman–Crippen LogP) is 2.39. The highest BCUT2D eigenvalue weighted by atomic mass is 15.3. The molecule has 20 heavy (non-hydrogen) atoms. The van der Waals surface area contributed by atoms with Gasteiger partial charge < -0.3 is 5.73 Å². The topological polar surface area (TPSA) is 67.6 Å². The number of hydrogen-bond donors (Lipinski definition) is 1. The van der Waals surface area contributed by atoms with Crippen molar-refractivity contribution in [2.75, 3.05) is 0 Å². The van der Waals surface area contributed by atoms with Crippen LogP contribution in [0.15, 0.2) is 36.4 Å². The fourth-order valence-corrected chi connectivity index (χ4v) is 2.27. The van der Waals surface area contributed by atoms with Gasteiger partial charge in [-0.15, -0.1) is 0 Å². The normalized spacial score (nSPS) is 13.7. The van der Waals surface area contributed by atoms with Gasteiger partial charge >= 0.3 is 0 Å². The lowest BCUT2D eigenvalue weighted by molar-refractivity contribution is 0.429. The smallest absolute Gasteiger partial charge is 0.149 e. The second-order valence-electron chi connectivity index (χ2n) is 4.94. The van der Waals surface area contributed by atoms with Gasteiger partial charge in [0.1, 0.15) is 5.54 Å². The molecule has 1 aromatic heterocycles. The zero-order chi connectivity index (χ0) is 14.6. The summed E-state index contributed by atoms with van der Waals surface area (Å²) in [4.78, 5) is 0. The third-order valence-electron chi connectivity index (χ3n) is 3.53. The van der Waals surface area contributed by atoms with Crippen LogP contribution in [-0.4, -0.2) is 9.78 Å². The molecule has 1 aromatic carbocycles. The third-order valence-corrected chi connectivity index (χ3v) is 3.53. The number of nitriles is 1. The van der Waals surface area contributed by atoms with Crippen LogP contribution in [0.2, 0.25) is 0 Å². The van der Waals surface area contributed by atoms with Gasteiger partial charge in [-0.25, -0.2) is 0 Å². The van der Waals surface area contributed by atoms with Gasteiger partial charge in [-0.3, -0.25) is 4.68 Å². The standard InChI is InChI=1S/C16H20N4/c1-3-14-10-15(4-2)20(19-14)12-16(18,11-17)13-8-6-5-7-9-13/h5-10H,3-4,12,18H2,1-2H3. The highest BCUT2D eigenvalue weighted by Gasteiger charge is 2.29. The highest BCUT2D eigenvalue weighted by molar-refractivity contribution is 5.30. The fourth-order valence-electron chi connectivity index (χ4n) is 2.27. The summed E-state index contributed by atoms with van der Waals surface area (Å²) in [5, 5.41) is 14.1. The van der Waals surface area contributed by atoms with Gasteiger partial charge in [0, 0.05) is 5.69 Å². The largest absolute Gasteiger partial charge is 0.308 e. The first-order chi connectivity index (χ1) is 9.62. The van der Waals surface area contributed by atoms with Crippen molar-refractivity contribution in [2.45, 2.75) is 38.8 Å². The van der Waals surface area contributed by atoms with E-state index < -0.39 is 5.54 Å². The molecule has 2 rings (SSSR count). The van der Waals surface area contributed by atoms with Gasteiger partial charge in [-0.2, -0.15) is 10.4 Å². The van der Waals surface area contributed by atoms with E-state index in [9.17, 15) is 5.26 Å².